The quantitative estimate of drug-likeness (QED) is 0.821. The maximum absolute atomic E-state index is 12.5. The molecule has 100 valence electrons. The van der Waals surface area contributed by atoms with Crippen LogP contribution >= 0.6 is 0 Å². The number of carbonyl (C=O) groups is 1. The molecule has 0 bridgehead atoms. The van der Waals surface area contributed by atoms with E-state index in [-0.39, 0.29) is 5.91 Å². The zero-order valence-corrected chi connectivity index (χ0v) is 11.1. The number of nitrogens with one attached hydrogen (secondary N) is 2. The van der Waals surface area contributed by atoms with Crippen LogP contribution in [-0.2, 0) is 23.1 Å². The van der Waals surface area contributed by atoms with Gasteiger partial charge in [-0.05, 0) is 24.1 Å². The van der Waals surface area contributed by atoms with Crippen molar-refractivity contribution in [3.63, 3.8) is 0 Å². The number of carbonyl (C=O) groups excluding carboxylic acids is 1. The maximum atomic E-state index is 12.5. The Balaban J connectivity index is 1.83. The lowest BCUT2D eigenvalue weighted by Crippen LogP contribution is -2.35. The Labute approximate surface area is 116 Å². The number of aromatic nitrogens is 2. The summed E-state index contributed by atoms with van der Waals surface area (Å²) in [7, 11) is 1.85. The van der Waals surface area contributed by atoms with Gasteiger partial charge in [0.25, 0.3) is 0 Å². The second-order valence-electron chi connectivity index (χ2n) is 5.34. The first-order chi connectivity index (χ1) is 9.73. The van der Waals surface area contributed by atoms with Crippen LogP contribution in [0.25, 0.3) is 0 Å². The van der Waals surface area contributed by atoms with Crippen LogP contribution in [0.15, 0.2) is 30.5 Å². The summed E-state index contributed by atoms with van der Waals surface area (Å²) in [6.45, 7) is 0. The molecule has 1 unspecified atom stereocenters. The predicted octanol–water partition coefficient (Wildman–Crippen LogP) is 1.51. The second kappa shape index (κ2) is 3.79. The summed E-state index contributed by atoms with van der Waals surface area (Å²) in [5.74, 6) is 1.57. The zero-order valence-electron chi connectivity index (χ0n) is 11.1. The molecule has 0 fully saturated rings. The fourth-order valence-corrected chi connectivity index (χ4v) is 3.25. The summed E-state index contributed by atoms with van der Waals surface area (Å²) in [6.07, 6.45) is 3.05. The van der Waals surface area contributed by atoms with Crippen molar-refractivity contribution >= 4 is 17.5 Å². The van der Waals surface area contributed by atoms with E-state index in [2.05, 4.69) is 26.7 Å². The molecule has 2 aromatic heterocycles. The topological polar surface area (TPSA) is 66.9 Å². The molecule has 1 aliphatic heterocycles. The molecule has 1 aliphatic carbocycles. The standard InChI is InChI=1S/C15H14N4O/c1-16-12-5-4-9-7-15(8-11(9)18-12)10-3-2-6-17-13(10)19-14(15)20/h2-6H,7-8H2,1H3,(H,16,18)(H,17,19,20). The van der Waals surface area contributed by atoms with Crippen LogP contribution in [0.5, 0.6) is 0 Å². The summed E-state index contributed by atoms with van der Waals surface area (Å²) in [4.78, 5) is 21.3. The smallest absolute Gasteiger partial charge is 0.237 e. The van der Waals surface area contributed by atoms with Crippen LogP contribution < -0.4 is 10.6 Å². The largest absolute Gasteiger partial charge is 0.373 e. The fraction of sp³-hybridized carbons (Fsp3) is 0.267. The van der Waals surface area contributed by atoms with E-state index in [0.717, 1.165) is 22.6 Å². The number of anilines is 2. The Hall–Kier alpha value is -2.43. The molecule has 5 nitrogen and oxygen atoms in total. The van der Waals surface area contributed by atoms with E-state index in [1.165, 1.54) is 0 Å². The number of nitrogens with zero attached hydrogens (tertiary/aromatic N) is 2. The van der Waals surface area contributed by atoms with E-state index in [1.807, 2.05) is 25.2 Å². The van der Waals surface area contributed by atoms with Gasteiger partial charge in [0.2, 0.25) is 5.91 Å². The van der Waals surface area contributed by atoms with Gasteiger partial charge >= 0.3 is 0 Å². The SMILES string of the molecule is CNc1ccc2c(n1)CC1(C2)C(=O)Nc2ncccc21. The molecule has 3 heterocycles. The van der Waals surface area contributed by atoms with Gasteiger partial charge in [0, 0.05) is 30.9 Å². The van der Waals surface area contributed by atoms with Gasteiger partial charge in [0.15, 0.2) is 0 Å². The molecular formula is C15H14N4O. The molecule has 2 N–H and O–H groups in total. The van der Waals surface area contributed by atoms with Crippen LogP contribution in [0.3, 0.4) is 0 Å². The van der Waals surface area contributed by atoms with Crippen LogP contribution in [0.4, 0.5) is 11.6 Å². The number of fused-ring (bicyclic) bond motifs is 3. The van der Waals surface area contributed by atoms with Crippen molar-refractivity contribution in [2.75, 3.05) is 17.7 Å². The van der Waals surface area contributed by atoms with Crippen molar-refractivity contribution in [2.45, 2.75) is 18.3 Å². The molecule has 0 saturated heterocycles. The lowest BCUT2D eigenvalue weighted by molar-refractivity contribution is -0.120. The zero-order chi connectivity index (χ0) is 13.7. The highest BCUT2D eigenvalue weighted by atomic mass is 16.2. The average molecular weight is 266 g/mol. The third kappa shape index (κ3) is 1.35. The molecule has 4 rings (SSSR count). The number of pyridine rings is 2. The fourth-order valence-electron chi connectivity index (χ4n) is 3.25. The molecule has 20 heavy (non-hydrogen) atoms. The molecule has 1 spiro atoms. The number of amides is 1. The van der Waals surface area contributed by atoms with E-state index < -0.39 is 5.41 Å². The van der Waals surface area contributed by atoms with Gasteiger partial charge in [0.05, 0.1) is 5.41 Å². The second-order valence-corrected chi connectivity index (χ2v) is 5.34. The Bertz CT molecular complexity index is 728. The van der Waals surface area contributed by atoms with Gasteiger partial charge in [-0.1, -0.05) is 12.1 Å². The highest BCUT2D eigenvalue weighted by Gasteiger charge is 2.51. The molecule has 2 aromatic rings. The average Bonchev–Trinajstić information content (AvgIpc) is 2.98. The van der Waals surface area contributed by atoms with Crippen molar-refractivity contribution in [1.82, 2.24) is 9.97 Å². The lowest BCUT2D eigenvalue weighted by atomic mass is 9.80. The number of rotatable bonds is 1. The summed E-state index contributed by atoms with van der Waals surface area (Å²) in [6, 6.07) is 7.89. The molecule has 1 atom stereocenters. The van der Waals surface area contributed by atoms with Crippen molar-refractivity contribution in [1.29, 1.82) is 0 Å². The minimum absolute atomic E-state index is 0.0372. The first-order valence-corrected chi connectivity index (χ1v) is 6.66. The third-order valence-electron chi connectivity index (χ3n) is 4.28. The predicted molar refractivity (Wildman–Crippen MR) is 75.7 cm³/mol. The minimum atomic E-state index is -0.523. The van der Waals surface area contributed by atoms with Gasteiger partial charge in [0.1, 0.15) is 11.6 Å². The Morgan fingerprint density at radius 3 is 3.05 bits per heavy atom. The Morgan fingerprint density at radius 2 is 2.20 bits per heavy atom. The minimum Gasteiger partial charge on any atom is -0.373 e. The highest BCUT2D eigenvalue weighted by molar-refractivity contribution is 6.06. The van der Waals surface area contributed by atoms with E-state index in [1.54, 1.807) is 6.20 Å². The first kappa shape index (κ1) is 11.4. The molecule has 1 amide bonds. The van der Waals surface area contributed by atoms with Gasteiger partial charge in [-0.15, -0.1) is 0 Å². The highest BCUT2D eigenvalue weighted by Crippen LogP contribution is 2.46. The monoisotopic (exact) mass is 266 g/mol. The van der Waals surface area contributed by atoms with E-state index in [9.17, 15) is 4.79 Å². The summed E-state index contributed by atoms with van der Waals surface area (Å²) >= 11 is 0. The molecule has 0 radical (unpaired) electrons. The molecule has 2 aliphatic rings. The van der Waals surface area contributed by atoms with Gasteiger partial charge in [-0.3, -0.25) is 4.79 Å². The molecular weight excluding hydrogens is 252 g/mol. The number of hydrogen-bond acceptors (Lipinski definition) is 4. The first-order valence-electron chi connectivity index (χ1n) is 6.66. The summed E-state index contributed by atoms with van der Waals surface area (Å²) in [5, 5.41) is 5.94. The summed E-state index contributed by atoms with van der Waals surface area (Å²) in [5.41, 5.74) is 2.62. The van der Waals surface area contributed by atoms with Crippen molar-refractivity contribution < 1.29 is 4.79 Å². The third-order valence-corrected chi connectivity index (χ3v) is 4.28. The van der Waals surface area contributed by atoms with Crippen molar-refractivity contribution in [2.24, 2.45) is 0 Å². The Morgan fingerprint density at radius 1 is 1.30 bits per heavy atom. The van der Waals surface area contributed by atoms with Crippen LogP contribution in [0.2, 0.25) is 0 Å². The van der Waals surface area contributed by atoms with Gasteiger partial charge < -0.3 is 10.6 Å². The van der Waals surface area contributed by atoms with Crippen LogP contribution in [0, 0.1) is 0 Å². The van der Waals surface area contributed by atoms with Crippen molar-refractivity contribution in [3.8, 4) is 0 Å². The number of hydrogen-bond donors (Lipinski definition) is 2. The van der Waals surface area contributed by atoms with Gasteiger partial charge in [-0.25, -0.2) is 9.97 Å². The molecule has 5 heteroatoms. The normalized spacial score (nSPS) is 22.6. The van der Waals surface area contributed by atoms with E-state index in [4.69, 9.17) is 0 Å². The van der Waals surface area contributed by atoms with E-state index >= 15 is 0 Å². The summed E-state index contributed by atoms with van der Waals surface area (Å²) < 4.78 is 0. The molecule has 0 saturated carbocycles. The van der Waals surface area contributed by atoms with Gasteiger partial charge in [-0.2, -0.15) is 0 Å². The van der Waals surface area contributed by atoms with Crippen molar-refractivity contribution in [3.05, 3.63) is 47.3 Å². The Kier molecular flexibility index (Phi) is 2.16. The maximum Gasteiger partial charge on any atom is 0.237 e. The van der Waals surface area contributed by atoms with Crippen LogP contribution in [-0.4, -0.2) is 22.9 Å². The lowest BCUT2D eigenvalue weighted by Gasteiger charge is -2.19. The van der Waals surface area contributed by atoms with Crippen LogP contribution in [0.1, 0.15) is 16.8 Å². The molecule has 0 aromatic carbocycles. The van der Waals surface area contributed by atoms with E-state index in [0.29, 0.717) is 18.7 Å².